The Kier molecular flexibility index (Phi) is 25.6. The minimum atomic E-state index is -4.68. The summed E-state index contributed by atoms with van der Waals surface area (Å²) < 4.78 is 155. The van der Waals surface area contributed by atoms with Crippen molar-refractivity contribution >= 4 is 87.7 Å². The fourth-order valence-electron chi connectivity index (χ4n) is 5.22. The predicted octanol–water partition coefficient (Wildman–Crippen LogP) is 8.62. The second kappa shape index (κ2) is 31.0. The molecule has 0 atom stereocenters. The monoisotopic (exact) mass is 1300 g/mol. The molecule has 21 nitrogen and oxygen atoms in total. The van der Waals surface area contributed by atoms with Crippen molar-refractivity contribution < 1.29 is 113 Å². The minimum absolute atomic E-state index is 0. The van der Waals surface area contributed by atoms with Gasteiger partial charge in [0.05, 0.1) is 77.8 Å². The molecule has 0 aliphatic carbocycles. The number of hydrogen-bond acceptors (Lipinski definition) is 23. The van der Waals surface area contributed by atoms with Gasteiger partial charge in [0.2, 0.25) is 11.6 Å². The maximum absolute atomic E-state index is 12.7. The first-order valence-electron chi connectivity index (χ1n) is 21.2. The van der Waals surface area contributed by atoms with E-state index in [0.717, 1.165) is 27.8 Å². The average Bonchev–Trinajstić information content (AvgIpc) is 4.28. The summed E-state index contributed by atoms with van der Waals surface area (Å²) in [5, 5.41) is 9.96. The molecule has 10 heterocycles. The van der Waals surface area contributed by atoms with E-state index in [1.54, 1.807) is 72.5 Å². The molecule has 422 valence electrons. The first-order chi connectivity index (χ1) is 37.8. The Morgan fingerprint density at radius 2 is 1.06 bits per heavy atom. The van der Waals surface area contributed by atoms with Crippen LogP contribution in [0.5, 0.6) is 0 Å². The van der Waals surface area contributed by atoms with Crippen molar-refractivity contribution in [2.75, 3.05) is 16.0 Å². The molecule has 0 saturated heterocycles. The number of hydrogen-bond donors (Lipinski definition) is 2. The number of aryl methyl sites for hydroxylation is 1. The van der Waals surface area contributed by atoms with E-state index in [1.807, 2.05) is 6.92 Å². The van der Waals surface area contributed by atoms with Crippen molar-refractivity contribution in [2.45, 2.75) is 43.5 Å². The normalized spacial score (nSPS) is 11.1. The van der Waals surface area contributed by atoms with Crippen LogP contribution in [0.3, 0.4) is 0 Å². The second-order valence-electron chi connectivity index (χ2n) is 14.5. The van der Waals surface area contributed by atoms with E-state index >= 15 is 0 Å². The zero-order chi connectivity index (χ0) is 58.1. The summed E-state index contributed by atoms with van der Waals surface area (Å²) in [6.07, 6.45) is 1.78. The van der Waals surface area contributed by atoms with E-state index in [4.69, 9.17) is 17.3 Å². The summed E-state index contributed by atoms with van der Waals surface area (Å²) >= 11 is 11.0. The number of nitrogens with one attached hydrogen (secondary N) is 1. The number of anilines is 5. The summed E-state index contributed by atoms with van der Waals surface area (Å²) in [5.41, 5.74) is 3.87. The standard InChI is InChI=1S/C17H12F3N7OS.C9H6F3N5.C8H4BrF3N2OS.C5H2ClF3N2.C4H5N3.B.K/c1-10-6-24-14(8-23-10)27(13-7-21-4-5-22-13)9-11-2-3-12(29-11)15-25-16(28-26-15)17(18,19)20;10-9(11,12)6-3-16-8(5-15-6)17-7-4-13-1-2-14-7;9-3-4-1-2-5(16-4)6-13-7(15-14-6)8(10,11)12;6-4-2-10-3(1-11-4)5(7,8)9;5-4-3-6-1-2-7-4;;/h2-8H,9H2,1H3;1-5H,(H,14,16,17);1-2H,3H2;1-2H;1-3H,(H2,5,7);;/q;;;;;-1;+1. The predicted molar refractivity (Wildman–Crippen MR) is 269 cm³/mol. The van der Waals surface area contributed by atoms with Gasteiger partial charge >= 0.3 is 87.9 Å². The summed E-state index contributed by atoms with van der Waals surface area (Å²) in [7, 11) is 0. The molecular formula is C43H29BBrClF12KN19O2S2. The summed E-state index contributed by atoms with van der Waals surface area (Å²) in [6.45, 7) is 2.18. The van der Waals surface area contributed by atoms with Crippen LogP contribution in [0.1, 0.15) is 38.6 Å². The second-order valence-corrected chi connectivity index (χ2v) is 17.8. The third-order valence-corrected chi connectivity index (χ3v) is 12.0. The number of nitrogens with zero attached hydrogens (tertiary/aromatic N) is 17. The fraction of sp³-hybridized carbons (Fsp3) is 0.163. The number of thiophene rings is 2. The molecule has 0 saturated carbocycles. The van der Waals surface area contributed by atoms with Crippen molar-refractivity contribution in [3.8, 4) is 21.4 Å². The van der Waals surface area contributed by atoms with Crippen LogP contribution in [0, 0.1) is 6.92 Å². The molecule has 10 aromatic heterocycles. The van der Waals surface area contributed by atoms with E-state index in [9.17, 15) is 52.7 Å². The van der Waals surface area contributed by atoms with Crippen molar-refractivity contribution in [2.24, 2.45) is 0 Å². The van der Waals surface area contributed by atoms with Crippen LogP contribution in [0.2, 0.25) is 5.15 Å². The molecule has 0 aliphatic heterocycles. The van der Waals surface area contributed by atoms with Crippen LogP contribution in [-0.4, -0.2) is 88.5 Å². The summed E-state index contributed by atoms with van der Waals surface area (Å²) in [4.78, 5) is 56.5. The SMILES string of the molecule is Cc1cnc(N(Cc2ccc(-c3noc(C(F)(F)F)n3)s2)c2cnccn2)cn1.FC(F)(F)c1cnc(Cl)cn1.FC(F)(F)c1cnc(Nc2cnccn2)cn1.FC(F)(F)c1nc(-c2ccc(CBr)s2)no1.Nc1cnccn1.[B-].[K+]. The molecule has 0 unspecified atom stereocenters. The number of halogens is 14. The van der Waals surface area contributed by atoms with Crippen LogP contribution < -0.4 is 67.3 Å². The van der Waals surface area contributed by atoms with Crippen LogP contribution in [0.4, 0.5) is 81.8 Å². The van der Waals surface area contributed by atoms with Gasteiger partial charge in [-0.3, -0.25) is 19.9 Å². The molecule has 4 radical (unpaired) electrons. The Balaban J connectivity index is 0.000000236. The van der Waals surface area contributed by atoms with Gasteiger partial charge < -0.3 is 33.4 Å². The van der Waals surface area contributed by atoms with Crippen LogP contribution >= 0.6 is 50.2 Å². The van der Waals surface area contributed by atoms with E-state index in [0.29, 0.717) is 57.3 Å². The topological polar surface area (TPSA) is 274 Å². The molecule has 0 aromatic carbocycles. The van der Waals surface area contributed by atoms with Crippen molar-refractivity contribution in [1.29, 1.82) is 0 Å². The first-order valence-corrected chi connectivity index (χ1v) is 24.4. The molecule has 10 rings (SSSR count). The average molecular weight is 1300 g/mol. The van der Waals surface area contributed by atoms with Crippen molar-refractivity contribution in [1.82, 2.24) is 80.1 Å². The number of nitrogens with two attached hydrogens (primary N) is 1. The van der Waals surface area contributed by atoms with Crippen LogP contribution in [0.25, 0.3) is 21.4 Å². The Morgan fingerprint density at radius 3 is 1.46 bits per heavy atom. The van der Waals surface area contributed by atoms with Gasteiger partial charge in [0.25, 0.3) is 0 Å². The Labute approximate surface area is 518 Å². The fourth-order valence-corrected chi connectivity index (χ4v) is 7.56. The number of rotatable bonds is 9. The Bertz CT molecular complexity index is 3450. The molecule has 39 heteroatoms. The maximum Gasteiger partial charge on any atom is 1.00 e. The molecule has 0 amide bonds. The molecule has 0 aliphatic rings. The van der Waals surface area contributed by atoms with Gasteiger partial charge in [-0.1, -0.05) is 37.8 Å². The molecule has 82 heavy (non-hydrogen) atoms. The molecule has 0 spiro atoms. The molecule has 3 N–H and O–H groups in total. The van der Waals surface area contributed by atoms with E-state index in [-0.39, 0.29) is 82.4 Å². The third kappa shape index (κ3) is 21.5. The molecule has 10 aromatic rings. The van der Waals surface area contributed by atoms with E-state index < -0.39 is 47.9 Å². The number of nitrogen functional groups attached to an aromatic ring is 1. The maximum atomic E-state index is 12.7. The molecule has 0 bridgehead atoms. The minimum Gasteiger partial charge on any atom is -1.00 e. The van der Waals surface area contributed by atoms with E-state index in [2.05, 4.69) is 110 Å². The van der Waals surface area contributed by atoms with Gasteiger partial charge in [0, 0.05) is 52.3 Å². The van der Waals surface area contributed by atoms with E-state index in [1.165, 1.54) is 47.5 Å². The number of aromatic nitrogens is 16. The smallest absolute Gasteiger partial charge is 1.00 e. The van der Waals surface area contributed by atoms with Crippen molar-refractivity contribution in [3.05, 3.63) is 161 Å². The summed E-state index contributed by atoms with van der Waals surface area (Å²) in [6, 6.07) is 6.86. The van der Waals surface area contributed by atoms with Crippen LogP contribution in [0.15, 0.2) is 126 Å². The zero-order valence-electron chi connectivity index (χ0n) is 41.1. The van der Waals surface area contributed by atoms with Gasteiger partial charge in [0.1, 0.15) is 22.6 Å². The molecular weight excluding hydrogens is 1270 g/mol. The van der Waals surface area contributed by atoms with Gasteiger partial charge in [-0.05, 0) is 31.2 Å². The molecule has 0 fully saturated rings. The summed E-state index contributed by atoms with van der Waals surface area (Å²) in [5.74, 6) is -0.735. The zero-order valence-corrected chi connectivity index (χ0v) is 48.2. The quantitative estimate of drug-likeness (QED) is 0.0777. The first kappa shape index (κ1) is 67.7. The van der Waals surface area contributed by atoms with Gasteiger partial charge in [-0.15, -0.1) is 22.7 Å². The Morgan fingerprint density at radius 1 is 0.549 bits per heavy atom. The Hall–Kier alpha value is -6.81. The van der Waals surface area contributed by atoms with Gasteiger partial charge in [-0.2, -0.15) is 62.7 Å². The van der Waals surface area contributed by atoms with Gasteiger partial charge in [-0.25, -0.2) is 39.9 Å². The van der Waals surface area contributed by atoms with Crippen molar-refractivity contribution in [3.63, 3.8) is 0 Å². The largest absolute Gasteiger partial charge is 1.00 e. The van der Waals surface area contributed by atoms with Gasteiger partial charge in [0.15, 0.2) is 23.0 Å². The van der Waals surface area contributed by atoms with Crippen LogP contribution in [-0.2, 0) is 36.6 Å². The number of alkyl halides is 13. The third-order valence-electron chi connectivity index (χ3n) is 8.67.